The molecule has 0 spiro atoms. The number of hydrogen-bond acceptors (Lipinski definition) is 1. The van der Waals surface area contributed by atoms with Crippen LogP contribution in [0.5, 0.6) is 0 Å². The van der Waals surface area contributed by atoms with Crippen molar-refractivity contribution < 1.29 is 0 Å². The van der Waals surface area contributed by atoms with Gasteiger partial charge in [-0.25, -0.2) is 0 Å². The summed E-state index contributed by atoms with van der Waals surface area (Å²) < 4.78 is 1.06. The van der Waals surface area contributed by atoms with Gasteiger partial charge in [0.05, 0.1) is 0 Å². The number of aromatic nitrogens is 1. The molecule has 0 aliphatic carbocycles. The van der Waals surface area contributed by atoms with Crippen molar-refractivity contribution in [3.05, 3.63) is 27.6 Å². The van der Waals surface area contributed by atoms with Gasteiger partial charge in [-0.1, -0.05) is 26.8 Å². The Morgan fingerprint density at radius 3 is 2.42 bits per heavy atom. The van der Waals surface area contributed by atoms with Crippen LogP contribution in [0.4, 0.5) is 0 Å². The molecule has 0 aromatic carbocycles. The second kappa shape index (κ2) is 3.73. The third kappa shape index (κ3) is 3.52. The van der Waals surface area contributed by atoms with Crippen molar-refractivity contribution in [2.45, 2.75) is 27.2 Å². The van der Waals surface area contributed by atoms with Gasteiger partial charge in [0.2, 0.25) is 0 Å². The van der Waals surface area contributed by atoms with Crippen LogP contribution in [0.15, 0.2) is 18.3 Å². The second-order valence-corrected chi connectivity index (χ2v) is 5.33. The molecule has 0 saturated heterocycles. The molecule has 0 saturated carbocycles. The van der Waals surface area contributed by atoms with Crippen LogP contribution >= 0.6 is 22.6 Å². The van der Waals surface area contributed by atoms with E-state index in [4.69, 9.17) is 0 Å². The van der Waals surface area contributed by atoms with E-state index in [-0.39, 0.29) is 0 Å². The van der Waals surface area contributed by atoms with E-state index in [2.05, 4.69) is 60.5 Å². The SMILES string of the molecule is CC(C)(C)Cc1ccc(I)nc1. The summed E-state index contributed by atoms with van der Waals surface area (Å²) in [6, 6.07) is 4.21. The minimum atomic E-state index is 0.356. The van der Waals surface area contributed by atoms with Gasteiger partial charge in [0, 0.05) is 6.20 Å². The smallest absolute Gasteiger partial charge is 0.101 e. The Hall–Kier alpha value is -0.120. The predicted octanol–water partition coefficient (Wildman–Crippen LogP) is 3.27. The molecule has 2 heteroatoms. The summed E-state index contributed by atoms with van der Waals surface area (Å²) in [4.78, 5) is 4.25. The van der Waals surface area contributed by atoms with Crippen molar-refractivity contribution in [2.24, 2.45) is 5.41 Å². The Kier molecular flexibility index (Phi) is 3.09. The topological polar surface area (TPSA) is 12.9 Å². The Labute approximate surface area is 87.7 Å². The molecule has 1 nitrogen and oxygen atoms in total. The Morgan fingerprint density at radius 2 is 2.00 bits per heavy atom. The number of pyridine rings is 1. The van der Waals surface area contributed by atoms with Gasteiger partial charge in [0.25, 0.3) is 0 Å². The molecule has 12 heavy (non-hydrogen) atoms. The molecule has 66 valence electrons. The number of halogens is 1. The average molecular weight is 275 g/mol. The van der Waals surface area contributed by atoms with E-state index in [1.54, 1.807) is 0 Å². The van der Waals surface area contributed by atoms with Gasteiger partial charge in [0.15, 0.2) is 0 Å². The van der Waals surface area contributed by atoms with Crippen molar-refractivity contribution in [1.29, 1.82) is 0 Å². The summed E-state index contributed by atoms with van der Waals surface area (Å²) in [7, 11) is 0. The molecule has 1 rings (SSSR count). The highest BCUT2D eigenvalue weighted by molar-refractivity contribution is 14.1. The van der Waals surface area contributed by atoms with Gasteiger partial charge in [0.1, 0.15) is 3.70 Å². The molecule has 0 N–H and O–H groups in total. The maximum Gasteiger partial charge on any atom is 0.101 e. The average Bonchev–Trinajstić information content (AvgIpc) is 1.91. The lowest BCUT2D eigenvalue weighted by Gasteiger charge is -2.17. The van der Waals surface area contributed by atoms with Crippen molar-refractivity contribution in [1.82, 2.24) is 4.98 Å². The lowest BCUT2D eigenvalue weighted by molar-refractivity contribution is 0.410. The number of hydrogen-bond donors (Lipinski definition) is 0. The molecule has 0 aliphatic rings. The summed E-state index contributed by atoms with van der Waals surface area (Å²) in [5.74, 6) is 0. The maximum atomic E-state index is 4.25. The molecule has 0 radical (unpaired) electrons. The number of nitrogens with zero attached hydrogens (tertiary/aromatic N) is 1. The maximum absolute atomic E-state index is 4.25. The minimum Gasteiger partial charge on any atom is -0.250 e. The first-order valence-corrected chi connectivity index (χ1v) is 5.16. The Balaban J connectivity index is 2.71. The molecule has 0 bridgehead atoms. The van der Waals surface area contributed by atoms with Crippen LogP contribution in [0.25, 0.3) is 0 Å². The zero-order chi connectivity index (χ0) is 9.19. The lowest BCUT2D eigenvalue weighted by Crippen LogP contribution is -2.09. The van der Waals surface area contributed by atoms with Gasteiger partial charge in [-0.3, -0.25) is 4.98 Å². The van der Waals surface area contributed by atoms with Gasteiger partial charge in [-0.15, -0.1) is 0 Å². The molecule has 0 aliphatic heterocycles. The quantitative estimate of drug-likeness (QED) is 0.566. The fourth-order valence-corrected chi connectivity index (χ4v) is 1.44. The zero-order valence-corrected chi connectivity index (χ0v) is 9.92. The Morgan fingerprint density at radius 1 is 1.33 bits per heavy atom. The van der Waals surface area contributed by atoms with Gasteiger partial charge < -0.3 is 0 Å². The van der Waals surface area contributed by atoms with E-state index in [1.165, 1.54) is 5.56 Å². The second-order valence-electron chi connectivity index (χ2n) is 4.23. The molecule has 1 heterocycles. The van der Waals surface area contributed by atoms with Crippen molar-refractivity contribution >= 4 is 22.6 Å². The van der Waals surface area contributed by atoms with Gasteiger partial charge >= 0.3 is 0 Å². The highest BCUT2D eigenvalue weighted by atomic mass is 127. The van der Waals surface area contributed by atoms with Crippen molar-refractivity contribution in [3.8, 4) is 0 Å². The van der Waals surface area contributed by atoms with Gasteiger partial charge in [-0.2, -0.15) is 0 Å². The predicted molar refractivity (Wildman–Crippen MR) is 60.1 cm³/mol. The van der Waals surface area contributed by atoms with Crippen LogP contribution < -0.4 is 0 Å². The van der Waals surface area contributed by atoms with E-state index in [0.717, 1.165) is 10.1 Å². The third-order valence-electron chi connectivity index (χ3n) is 1.52. The standard InChI is InChI=1S/C10H14IN/c1-10(2,3)6-8-4-5-9(11)12-7-8/h4-5,7H,6H2,1-3H3. The first-order chi connectivity index (χ1) is 5.47. The molecule has 1 aromatic heterocycles. The van der Waals surface area contributed by atoms with Crippen LogP contribution in [-0.2, 0) is 6.42 Å². The molecular weight excluding hydrogens is 261 g/mol. The molecular formula is C10H14IN. The molecule has 0 amide bonds. The largest absolute Gasteiger partial charge is 0.250 e. The fourth-order valence-electron chi connectivity index (χ4n) is 1.12. The monoisotopic (exact) mass is 275 g/mol. The third-order valence-corrected chi connectivity index (χ3v) is 2.16. The highest BCUT2D eigenvalue weighted by Crippen LogP contribution is 2.19. The fraction of sp³-hybridized carbons (Fsp3) is 0.500. The van der Waals surface area contributed by atoms with E-state index in [1.807, 2.05) is 6.20 Å². The van der Waals surface area contributed by atoms with E-state index < -0.39 is 0 Å². The molecule has 0 fully saturated rings. The zero-order valence-electron chi connectivity index (χ0n) is 7.76. The summed E-state index contributed by atoms with van der Waals surface area (Å²) in [5, 5.41) is 0. The number of rotatable bonds is 1. The summed E-state index contributed by atoms with van der Waals surface area (Å²) in [6.45, 7) is 6.72. The molecule has 0 unspecified atom stereocenters. The van der Waals surface area contributed by atoms with E-state index in [9.17, 15) is 0 Å². The lowest BCUT2D eigenvalue weighted by atomic mass is 9.89. The van der Waals surface area contributed by atoms with Crippen LogP contribution in [0, 0.1) is 9.12 Å². The van der Waals surface area contributed by atoms with Crippen molar-refractivity contribution in [2.75, 3.05) is 0 Å². The van der Waals surface area contributed by atoms with E-state index >= 15 is 0 Å². The first-order valence-electron chi connectivity index (χ1n) is 4.08. The van der Waals surface area contributed by atoms with E-state index in [0.29, 0.717) is 5.41 Å². The van der Waals surface area contributed by atoms with Crippen LogP contribution in [0.1, 0.15) is 26.3 Å². The summed E-state index contributed by atoms with van der Waals surface area (Å²) in [6.07, 6.45) is 3.06. The summed E-state index contributed by atoms with van der Waals surface area (Å²) in [5.41, 5.74) is 1.68. The molecule has 0 atom stereocenters. The van der Waals surface area contributed by atoms with Gasteiger partial charge in [-0.05, 0) is 46.1 Å². The van der Waals surface area contributed by atoms with Crippen LogP contribution in [0.2, 0.25) is 0 Å². The normalized spacial score (nSPS) is 11.7. The first kappa shape index (κ1) is 9.96. The van der Waals surface area contributed by atoms with Crippen LogP contribution in [-0.4, -0.2) is 4.98 Å². The molecule has 1 aromatic rings. The Bertz CT molecular complexity index is 246. The highest BCUT2D eigenvalue weighted by Gasteiger charge is 2.10. The van der Waals surface area contributed by atoms with Crippen LogP contribution in [0.3, 0.4) is 0 Å². The van der Waals surface area contributed by atoms with Crippen molar-refractivity contribution in [3.63, 3.8) is 0 Å². The minimum absolute atomic E-state index is 0.356. The summed E-state index contributed by atoms with van der Waals surface area (Å²) >= 11 is 2.22.